The van der Waals surface area contributed by atoms with Gasteiger partial charge in [-0.2, -0.15) is 0 Å². The summed E-state index contributed by atoms with van der Waals surface area (Å²) in [7, 11) is 0. The number of aliphatic carboxylic acids is 1. The zero-order valence-corrected chi connectivity index (χ0v) is 12.3. The van der Waals surface area contributed by atoms with Crippen LogP contribution in [0, 0.1) is 0 Å². The minimum atomic E-state index is -1.41. The standard InChI is InChI=1S/C17H17NO5/c19-14-8-6-12(7-9-14)10-15(16(20)21)18-17(22)23-11-13-4-2-1-3-5-13/h1-9,15,19H,10-11H2,(H,18,22)(H,20,21)/p-1/t15-/m0/s1. The number of carboxylic acid groups (broad SMARTS) is 1. The lowest BCUT2D eigenvalue weighted by atomic mass is 10.1. The van der Waals surface area contributed by atoms with E-state index in [1.54, 1.807) is 24.3 Å². The fraction of sp³-hybridized carbons (Fsp3) is 0.176. The monoisotopic (exact) mass is 314 g/mol. The van der Waals surface area contributed by atoms with Crippen LogP contribution in [0.2, 0.25) is 0 Å². The number of carbonyl (C=O) groups excluding carboxylic acids is 2. The molecule has 0 aliphatic rings. The topological polar surface area (TPSA) is 98.7 Å². The van der Waals surface area contributed by atoms with Crippen LogP contribution in [0.15, 0.2) is 54.6 Å². The quantitative estimate of drug-likeness (QED) is 0.828. The van der Waals surface area contributed by atoms with Crippen molar-refractivity contribution in [1.82, 2.24) is 5.32 Å². The number of ether oxygens (including phenoxy) is 1. The van der Waals surface area contributed by atoms with Crippen molar-refractivity contribution in [2.45, 2.75) is 19.1 Å². The largest absolute Gasteiger partial charge is 0.548 e. The highest BCUT2D eigenvalue weighted by atomic mass is 16.5. The molecule has 0 aliphatic carbocycles. The van der Waals surface area contributed by atoms with Gasteiger partial charge in [0.2, 0.25) is 0 Å². The number of aromatic hydroxyl groups is 1. The average molecular weight is 314 g/mol. The third kappa shape index (κ3) is 5.35. The summed E-state index contributed by atoms with van der Waals surface area (Å²) < 4.78 is 4.98. The van der Waals surface area contributed by atoms with Crippen LogP contribution in [0.3, 0.4) is 0 Å². The Bertz CT molecular complexity index is 654. The highest BCUT2D eigenvalue weighted by Crippen LogP contribution is 2.11. The summed E-state index contributed by atoms with van der Waals surface area (Å²) in [5, 5.41) is 22.6. The number of hydrogen-bond acceptors (Lipinski definition) is 5. The number of carboxylic acids is 1. The van der Waals surface area contributed by atoms with E-state index in [9.17, 15) is 19.8 Å². The first kappa shape index (κ1) is 16.4. The van der Waals surface area contributed by atoms with Gasteiger partial charge in [0.25, 0.3) is 0 Å². The van der Waals surface area contributed by atoms with E-state index >= 15 is 0 Å². The number of nitrogens with one attached hydrogen (secondary N) is 1. The van der Waals surface area contributed by atoms with Crippen molar-refractivity contribution in [3.8, 4) is 5.75 Å². The Hall–Kier alpha value is -3.02. The second-order valence-electron chi connectivity index (χ2n) is 4.95. The Morgan fingerprint density at radius 2 is 1.70 bits per heavy atom. The molecule has 0 fully saturated rings. The first-order chi connectivity index (χ1) is 11.0. The average Bonchev–Trinajstić information content (AvgIpc) is 2.55. The van der Waals surface area contributed by atoms with Crippen LogP contribution in [0.1, 0.15) is 11.1 Å². The molecule has 120 valence electrons. The van der Waals surface area contributed by atoms with E-state index in [0.29, 0.717) is 5.56 Å². The molecule has 0 bridgehead atoms. The molecule has 0 saturated heterocycles. The normalized spacial score (nSPS) is 11.5. The molecule has 2 aromatic rings. The second kappa shape index (κ2) is 7.84. The summed E-state index contributed by atoms with van der Waals surface area (Å²) >= 11 is 0. The molecule has 2 rings (SSSR count). The van der Waals surface area contributed by atoms with Gasteiger partial charge in [0.05, 0.1) is 12.0 Å². The number of phenols is 1. The van der Waals surface area contributed by atoms with E-state index in [-0.39, 0.29) is 18.8 Å². The third-order valence-electron chi connectivity index (χ3n) is 3.17. The van der Waals surface area contributed by atoms with Crippen LogP contribution < -0.4 is 10.4 Å². The Kier molecular flexibility index (Phi) is 5.57. The van der Waals surface area contributed by atoms with Gasteiger partial charge in [-0.1, -0.05) is 42.5 Å². The molecule has 1 atom stereocenters. The maximum atomic E-state index is 11.7. The first-order valence-corrected chi connectivity index (χ1v) is 7.00. The summed E-state index contributed by atoms with van der Waals surface area (Å²) in [6, 6.07) is 13.8. The van der Waals surface area contributed by atoms with Gasteiger partial charge in [-0.05, 0) is 29.7 Å². The second-order valence-corrected chi connectivity index (χ2v) is 4.95. The molecule has 2 N–H and O–H groups in total. The molecule has 0 spiro atoms. The van der Waals surface area contributed by atoms with Crippen LogP contribution in [-0.4, -0.2) is 23.2 Å². The SMILES string of the molecule is O=C(N[C@@H](Cc1ccc(O)cc1)C(=O)[O-])OCc1ccccc1. The number of hydrogen-bond donors (Lipinski definition) is 2. The molecular formula is C17H16NO5-. The first-order valence-electron chi connectivity index (χ1n) is 7.00. The van der Waals surface area contributed by atoms with Crippen LogP contribution in [0.25, 0.3) is 0 Å². The summed E-state index contributed by atoms with van der Waals surface area (Å²) in [5.41, 5.74) is 1.44. The van der Waals surface area contributed by atoms with E-state index in [2.05, 4.69) is 5.32 Å². The van der Waals surface area contributed by atoms with Crippen LogP contribution >= 0.6 is 0 Å². The molecule has 2 aromatic carbocycles. The van der Waals surface area contributed by atoms with E-state index in [1.165, 1.54) is 12.1 Å². The molecule has 0 heterocycles. The molecule has 0 radical (unpaired) electrons. The minimum absolute atomic E-state index is 0.0308. The zero-order chi connectivity index (χ0) is 16.7. The highest BCUT2D eigenvalue weighted by Gasteiger charge is 2.15. The van der Waals surface area contributed by atoms with E-state index in [4.69, 9.17) is 4.74 Å². The van der Waals surface area contributed by atoms with Crippen molar-refractivity contribution in [2.24, 2.45) is 0 Å². The number of carbonyl (C=O) groups is 2. The molecule has 6 nitrogen and oxygen atoms in total. The fourth-order valence-electron chi connectivity index (χ4n) is 1.97. The lowest BCUT2D eigenvalue weighted by Crippen LogP contribution is -2.49. The van der Waals surface area contributed by atoms with Crippen molar-refractivity contribution < 1.29 is 24.5 Å². The molecule has 6 heteroatoms. The van der Waals surface area contributed by atoms with Gasteiger partial charge in [-0.25, -0.2) is 4.79 Å². The van der Waals surface area contributed by atoms with Gasteiger partial charge < -0.3 is 25.1 Å². The number of rotatable bonds is 6. The van der Waals surface area contributed by atoms with Crippen LogP contribution in [0.4, 0.5) is 4.79 Å². The van der Waals surface area contributed by atoms with E-state index in [1.807, 2.05) is 18.2 Å². The summed E-state index contributed by atoms with van der Waals surface area (Å²) in [6.45, 7) is 0.0473. The molecular weight excluding hydrogens is 298 g/mol. The van der Waals surface area contributed by atoms with E-state index in [0.717, 1.165) is 5.56 Å². The third-order valence-corrected chi connectivity index (χ3v) is 3.17. The summed E-state index contributed by atoms with van der Waals surface area (Å²) in [5.74, 6) is -1.33. The van der Waals surface area contributed by atoms with Gasteiger partial charge in [-0.3, -0.25) is 0 Å². The molecule has 0 saturated carbocycles. The van der Waals surface area contributed by atoms with Gasteiger partial charge in [-0.15, -0.1) is 0 Å². The number of benzene rings is 2. The van der Waals surface area contributed by atoms with E-state index < -0.39 is 18.1 Å². The summed E-state index contributed by atoms with van der Waals surface area (Å²) in [4.78, 5) is 22.9. The maximum Gasteiger partial charge on any atom is 0.408 e. The van der Waals surface area contributed by atoms with Crippen molar-refractivity contribution in [2.75, 3.05) is 0 Å². The van der Waals surface area contributed by atoms with Gasteiger partial charge in [0, 0.05) is 0 Å². The van der Waals surface area contributed by atoms with Crippen molar-refractivity contribution in [3.05, 3.63) is 65.7 Å². The summed E-state index contributed by atoms with van der Waals surface area (Å²) in [6.07, 6.45) is -0.801. The predicted octanol–water partition coefficient (Wildman–Crippen LogP) is 0.980. The van der Waals surface area contributed by atoms with Gasteiger partial charge >= 0.3 is 6.09 Å². The molecule has 0 aliphatic heterocycles. The highest BCUT2D eigenvalue weighted by molar-refractivity contribution is 5.78. The Morgan fingerprint density at radius 3 is 2.30 bits per heavy atom. The Morgan fingerprint density at radius 1 is 1.04 bits per heavy atom. The number of phenolic OH excluding ortho intramolecular Hbond substituents is 1. The molecule has 23 heavy (non-hydrogen) atoms. The minimum Gasteiger partial charge on any atom is -0.548 e. The van der Waals surface area contributed by atoms with Gasteiger partial charge in [0.1, 0.15) is 12.4 Å². The Labute approximate surface area is 133 Å². The number of alkyl carbamates (subject to hydrolysis) is 1. The molecule has 0 unspecified atom stereocenters. The lowest BCUT2D eigenvalue weighted by Gasteiger charge is -2.19. The van der Waals surface area contributed by atoms with Crippen molar-refractivity contribution >= 4 is 12.1 Å². The maximum absolute atomic E-state index is 11.7. The molecule has 0 aromatic heterocycles. The predicted molar refractivity (Wildman–Crippen MR) is 80.4 cm³/mol. The van der Waals surface area contributed by atoms with Crippen LogP contribution in [-0.2, 0) is 22.6 Å². The molecule has 1 amide bonds. The lowest BCUT2D eigenvalue weighted by molar-refractivity contribution is -0.308. The van der Waals surface area contributed by atoms with Crippen LogP contribution in [0.5, 0.6) is 5.75 Å². The van der Waals surface area contributed by atoms with Gasteiger partial charge in [0.15, 0.2) is 0 Å². The fourth-order valence-corrected chi connectivity index (χ4v) is 1.97. The smallest absolute Gasteiger partial charge is 0.408 e. The Balaban J connectivity index is 1.89. The number of amides is 1. The van der Waals surface area contributed by atoms with Crippen molar-refractivity contribution in [3.63, 3.8) is 0 Å². The van der Waals surface area contributed by atoms with Crippen molar-refractivity contribution in [1.29, 1.82) is 0 Å². The zero-order valence-electron chi connectivity index (χ0n) is 12.3.